The summed E-state index contributed by atoms with van der Waals surface area (Å²) in [5.41, 5.74) is -1.07. The van der Waals surface area contributed by atoms with Gasteiger partial charge in [0, 0.05) is 12.5 Å². The minimum atomic E-state index is -1.30. The zero-order chi connectivity index (χ0) is 36.8. The van der Waals surface area contributed by atoms with E-state index in [1.54, 1.807) is 0 Å². The van der Waals surface area contributed by atoms with Crippen LogP contribution < -0.4 is 0 Å². The third-order valence-electron chi connectivity index (χ3n) is 15.7. The fourth-order valence-corrected chi connectivity index (χ4v) is 12.1. The van der Waals surface area contributed by atoms with Crippen molar-refractivity contribution in [3.63, 3.8) is 0 Å². The van der Waals surface area contributed by atoms with Crippen LogP contribution in [-0.4, -0.2) is 86.1 Å². The summed E-state index contributed by atoms with van der Waals surface area (Å²) >= 11 is 0. The molecule has 0 unspecified atom stereocenters. The predicted molar refractivity (Wildman–Crippen MR) is 187 cm³/mol. The summed E-state index contributed by atoms with van der Waals surface area (Å²) in [6.07, 6.45) is 5.06. The maximum atomic E-state index is 13.0. The smallest absolute Gasteiger partial charge is 0.310 e. The summed E-state index contributed by atoms with van der Waals surface area (Å²) in [7, 11) is 0. The minimum absolute atomic E-state index is 0.0313. The summed E-state index contributed by atoms with van der Waals surface area (Å²) in [4.78, 5) is 13.0. The molecule has 49 heavy (non-hydrogen) atoms. The normalized spacial score (nSPS) is 50.7. The van der Waals surface area contributed by atoms with Crippen LogP contribution in [0.15, 0.2) is 11.6 Å². The number of allylic oxidation sites excluding steroid dienone is 1. The molecule has 0 aromatic heterocycles. The SMILES string of the molecule is CC(C)(C)CO.C[C@H]1CC[C@]2(C(=O)O)CC[C@]3(C)C(=CC[C@@H]4[C@@]5(C)CC[C@H](O[C@@H]6OC[C@@H](O)[C@H](O)[C@H]6O)C(C)(C)[C@@H]5CC[C@]43C)[C@@H]2[C@]1(C)O. The van der Waals surface area contributed by atoms with Crippen LogP contribution in [-0.2, 0) is 14.3 Å². The van der Waals surface area contributed by atoms with Crippen LogP contribution >= 0.6 is 0 Å². The summed E-state index contributed by atoms with van der Waals surface area (Å²) in [6, 6.07) is 0. The van der Waals surface area contributed by atoms with Crippen molar-refractivity contribution >= 4 is 5.97 Å². The van der Waals surface area contributed by atoms with Gasteiger partial charge >= 0.3 is 5.97 Å². The molecule has 0 aromatic carbocycles. The molecule has 6 rings (SSSR count). The second-order valence-corrected chi connectivity index (χ2v) is 19.8. The van der Waals surface area contributed by atoms with E-state index in [9.17, 15) is 30.3 Å². The molecule has 4 saturated carbocycles. The highest BCUT2D eigenvalue weighted by Crippen LogP contribution is 2.76. The van der Waals surface area contributed by atoms with E-state index in [0.29, 0.717) is 24.7 Å². The van der Waals surface area contributed by atoms with Crippen LogP contribution in [0.3, 0.4) is 0 Å². The number of rotatable bonds is 3. The zero-order valence-corrected chi connectivity index (χ0v) is 32.0. The Labute approximate surface area is 294 Å². The van der Waals surface area contributed by atoms with Gasteiger partial charge in [-0.1, -0.05) is 74.0 Å². The van der Waals surface area contributed by atoms with E-state index >= 15 is 0 Å². The van der Waals surface area contributed by atoms with E-state index < -0.39 is 41.6 Å². The van der Waals surface area contributed by atoms with E-state index in [2.05, 4.69) is 47.6 Å². The molecule has 0 radical (unpaired) electrons. The fraction of sp³-hybridized carbons (Fsp3) is 0.925. The summed E-state index contributed by atoms with van der Waals surface area (Å²) in [5, 5.41) is 61.8. The molecule has 0 spiro atoms. The van der Waals surface area contributed by atoms with Crippen molar-refractivity contribution in [3.8, 4) is 0 Å². The number of fused-ring (bicyclic) bond motifs is 7. The van der Waals surface area contributed by atoms with Crippen LogP contribution in [0.1, 0.15) is 127 Å². The molecule has 6 N–H and O–H groups in total. The van der Waals surface area contributed by atoms with Gasteiger partial charge in [-0.15, -0.1) is 0 Å². The molecule has 1 saturated heterocycles. The van der Waals surface area contributed by atoms with Crippen LogP contribution in [0.4, 0.5) is 0 Å². The number of carboxylic acid groups (broad SMARTS) is 1. The number of aliphatic hydroxyl groups excluding tert-OH is 4. The number of ether oxygens (including phenoxy) is 2. The number of aliphatic carboxylic acids is 1. The number of carboxylic acids is 1. The lowest BCUT2D eigenvalue weighted by Gasteiger charge is -2.72. The van der Waals surface area contributed by atoms with Crippen LogP contribution in [0, 0.1) is 56.2 Å². The third kappa shape index (κ3) is 5.97. The first-order valence-corrected chi connectivity index (χ1v) is 19.0. The maximum absolute atomic E-state index is 13.0. The first-order valence-electron chi connectivity index (χ1n) is 19.0. The Morgan fingerprint density at radius 3 is 2.14 bits per heavy atom. The van der Waals surface area contributed by atoms with Gasteiger partial charge in [0.15, 0.2) is 6.29 Å². The van der Waals surface area contributed by atoms with Gasteiger partial charge in [0.05, 0.1) is 23.7 Å². The molecule has 1 heterocycles. The lowest BCUT2D eigenvalue weighted by Crippen LogP contribution is -2.68. The van der Waals surface area contributed by atoms with E-state index in [1.165, 1.54) is 5.57 Å². The molecule has 9 heteroatoms. The van der Waals surface area contributed by atoms with E-state index in [-0.39, 0.29) is 58.2 Å². The van der Waals surface area contributed by atoms with Crippen LogP contribution in [0.2, 0.25) is 0 Å². The van der Waals surface area contributed by atoms with Crippen molar-refractivity contribution in [1.82, 2.24) is 0 Å². The maximum Gasteiger partial charge on any atom is 0.310 e. The highest BCUT2D eigenvalue weighted by Gasteiger charge is 2.71. The Morgan fingerprint density at radius 1 is 0.918 bits per heavy atom. The largest absolute Gasteiger partial charge is 0.481 e. The first-order chi connectivity index (χ1) is 22.4. The molecule has 282 valence electrons. The molecular formula is C40H68O9. The molecule has 0 amide bonds. The molecule has 0 aromatic rings. The van der Waals surface area contributed by atoms with Crippen molar-refractivity contribution in [2.75, 3.05) is 13.2 Å². The van der Waals surface area contributed by atoms with Crippen molar-refractivity contribution in [1.29, 1.82) is 0 Å². The molecule has 9 nitrogen and oxygen atoms in total. The van der Waals surface area contributed by atoms with Crippen molar-refractivity contribution in [3.05, 3.63) is 11.6 Å². The second-order valence-electron chi connectivity index (χ2n) is 19.8. The lowest BCUT2D eigenvalue weighted by molar-refractivity contribution is -0.308. The topological polar surface area (TPSA) is 157 Å². The number of aliphatic hydroxyl groups is 5. The van der Waals surface area contributed by atoms with Gasteiger partial charge < -0.3 is 40.1 Å². The second kappa shape index (κ2) is 12.8. The highest BCUT2D eigenvalue weighted by atomic mass is 16.7. The highest BCUT2D eigenvalue weighted by molar-refractivity contribution is 5.77. The molecule has 6 aliphatic rings. The van der Waals surface area contributed by atoms with Crippen molar-refractivity contribution in [2.24, 2.45) is 56.2 Å². The third-order valence-corrected chi connectivity index (χ3v) is 15.7. The fourth-order valence-electron chi connectivity index (χ4n) is 12.1. The van der Waals surface area contributed by atoms with E-state index in [1.807, 2.05) is 27.7 Å². The molecule has 1 aliphatic heterocycles. The lowest BCUT2D eigenvalue weighted by atomic mass is 9.33. The van der Waals surface area contributed by atoms with Gasteiger partial charge in [-0.2, -0.15) is 0 Å². The summed E-state index contributed by atoms with van der Waals surface area (Å²) in [6.45, 7) is 22.0. The molecular weight excluding hydrogens is 624 g/mol. The molecule has 14 atom stereocenters. The quantitative estimate of drug-likeness (QED) is 0.162. The standard InChI is InChI=1S/C35H56O8.C5H12O/c1-19-10-15-35(29(39)40)17-16-32(5)20(27(35)34(19,7)41)8-9-23-31(4)13-12-24(30(2,3)22(31)11-14-33(23,32)6)43-28-26(38)25(37)21(36)18-42-28;1-5(2,3)4-6/h8,19,21-28,36-38,41H,9-18H2,1-7H3,(H,39,40);6H,4H2,1-3H3/t19-,21+,22-,23+,24-,25-,26+,27+,28-,31-,32+,33+,34+,35-;/m0./s1. The zero-order valence-electron chi connectivity index (χ0n) is 32.0. The Kier molecular flexibility index (Phi) is 10.2. The first kappa shape index (κ1) is 39.1. The van der Waals surface area contributed by atoms with E-state index in [0.717, 1.165) is 44.9 Å². The predicted octanol–water partition coefficient (Wildman–Crippen LogP) is 5.69. The average Bonchev–Trinajstić information content (AvgIpc) is 3.00. The van der Waals surface area contributed by atoms with Gasteiger partial charge in [-0.3, -0.25) is 4.79 Å². The Bertz CT molecular complexity index is 1270. The Morgan fingerprint density at radius 2 is 1.55 bits per heavy atom. The summed E-state index contributed by atoms with van der Waals surface area (Å²) in [5.74, 6) is -0.306. The van der Waals surface area contributed by atoms with Crippen molar-refractivity contribution < 1.29 is 44.9 Å². The monoisotopic (exact) mass is 692 g/mol. The number of hydrogen-bond donors (Lipinski definition) is 6. The van der Waals surface area contributed by atoms with Gasteiger partial charge in [-0.05, 0) is 110 Å². The van der Waals surface area contributed by atoms with Gasteiger partial charge in [0.2, 0.25) is 0 Å². The molecule has 5 aliphatic carbocycles. The van der Waals surface area contributed by atoms with Gasteiger partial charge in [0.1, 0.15) is 18.3 Å². The molecule has 5 fully saturated rings. The summed E-state index contributed by atoms with van der Waals surface area (Å²) < 4.78 is 12.1. The number of hydrogen-bond acceptors (Lipinski definition) is 8. The Balaban J connectivity index is 0.000000717. The Hall–Kier alpha value is -1.07. The van der Waals surface area contributed by atoms with Gasteiger partial charge in [-0.25, -0.2) is 0 Å². The molecule has 0 bridgehead atoms. The van der Waals surface area contributed by atoms with Crippen LogP contribution in [0.25, 0.3) is 0 Å². The van der Waals surface area contributed by atoms with Crippen LogP contribution in [0.5, 0.6) is 0 Å². The minimum Gasteiger partial charge on any atom is -0.481 e. The van der Waals surface area contributed by atoms with Crippen molar-refractivity contribution in [2.45, 2.75) is 163 Å². The van der Waals surface area contributed by atoms with E-state index in [4.69, 9.17) is 14.6 Å². The van der Waals surface area contributed by atoms with Gasteiger partial charge in [0.25, 0.3) is 0 Å². The average molecular weight is 693 g/mol. The number of carbonyl (C=O) groups is 1.